The van der Waals surface area contributed by atoms with Gasteiger partial charge in [-0.05, 0) is 21.0 Å². The van der Waals surface area contributed by atoms with E-state index < -0.39 is 11.1 Å². The molecule has 0 amide bonds. The maximum absolute atomic E-state index is 6.51. The van der Waals surface area contributed by atoms with Crippen molar-refractivity contribution in [2.75, 3.05) is 20.7 Å². The van der Waals surface area contributed by atoms with Crippen LogP contribution in [0.4, 0.5) is 0 Å². The summed E-state index contributed by atoms with van der Waals surface area (Å²) in [5, 5.41) is 0.790. The molecule has 0 aromatic heterocycles. The first-order chi connectivity index (χ1) is 7.78. The van der Waals surface area contributed by atoms with Crippen molar-refractivity contribution in [2.45, 2.75) is 18.0 Å². The van der Waals surface area contributed by atoms with Crippen LogP contribution in [0.5, 0.6) is 0 Å². The minimum Gasteiger partial charge on any atom is -0.369 e. The topological polar surface area (TPSA) is 12.5 Å². The third-order valence-electron chi connectivity index (χ3n) is 2.46. The van der Waals surface area contributed by atoms with E-state index in [2.05, 4.69) is 0 Å². The number of rotatable bonds is 3. The lowest BCUT2D eigenvalue weighted by Crippen LogP contribution is -2.52. The summed E-state index contributed by atoms with van der Waals surface area (Å²) in [5.74, 6) is 0. The molecule has 1 aliphatic rings. The molecule has 7 heteroatoms. The molecular weight excluding hydrogens is 327 g/mol. The van der Waals surface area contributed by atoms with Crippen LogP contribution in [0, 0.1) is 0 Å². The Kier molecular flexibility index (Phi) is 5.49. The Morgan fingerprint density at radius 1 is 1.18 bits per heavy atom. The van der Waals surface area contributed by atoms with Gasteiger partial charge in [-0.15, -0.1) is 0 Å². The lowest BCUT2D eigenvalue weighted by molar-refractivity contribution is 0.0294. The molecule has 0 radical (unpaired) electrons. The Morgan fingerprint density at radius 3 is 2.12 bits per heavy atom. The lowest BCUT2D eigenvalue weighted by Gasteiger charge is -2.42. The maximum atomic E-state index is 6.51. The van der Waals surface area contributed by atoms with Crippen LogP contribution in [0.1, 0.15) is 6.92 Å². The Bertz CT molecular complexity index is 379. The van der Waals surface area contributed by atoms with E-state index in [0.717, 1.165) is 0 Å². The molecular formula is C10H12Cl5NO. The van der Waals surface area contributed by atoms with Crippen molar-refractivity contribution in [3.05, 3.63) is 20.1 Å². The van der Waals surface area contributed by atoms with Crippen molar-refractivity contribution in [1.29, 1.82) is 0 Å². The van der Waals surface area contributed by atoms with Gasteiger partial charge in [-0.25, -0.2) is 0 Å². The first kappa shape index (κ1) is 15.9. The summed E-state index contributed by atoms with van der Waals surface area (Å²) in [5.41, 5.74) is 0. The van der Waals surface area contributed by atoms with Crippen molar-refractivity contribution >= 4 is 58.0 Å². The van der Waals surface area contributed by atoms with Gasteiger partial charge in [0, 0.05) is 6.61 Å². The number of allylic oxidation sites excluding steroid dienone is 2. The highest BCUT2D eigenvalue weighted by Gasteiger charge is 2.50. The van der Waals surface area contributed by atoms with Crippen molar-refractivity contribution in [1.82, 2.24) is 4.90 Å². The molecule has 0 saturated heterocycles. The molecule has 2 nitrogen and oxygen atoms in total. The summed E-state index contributed by atoms with van der Waals surface area (Å²) < 4.78 is 5.54. The van der Waals surface area contributed by atoms with Gasteiger partial charge in [0.2, 0.25) is 0 Å². The van der Waals surface area contributed by atoms with Crippen LogP contribution >= 0.6 is 58.0 Å². The largest absolute Gasteiger partial charge is 0.369 e. The summed E-state index contributed by atoms with van der Waals surface area (Å²) in [6, 6.07) is 0. The second kappa shape index (κ2) is 5.87. The SMILES string of the molecule is CCOC1C(Cl)=C(Cl)C(Cl)=C(Cl)C1(Cl)N(C)C. The Balaban J connectivity index is 3.37. The minimum absolute atomic E-state index is 0.151. The summed E-state index contributed by atoms with van der Waals surface area (Å²) in [7, 11) is 3.52. The van der Waals surface area contributed by atoms with Gasteiger partial charge < -0.3 is 4.74 Å². The fraction of sp³-hybridized carbons (Fsp3) is 0.600. The van der Waals surface area contributed by atoms with E-state index in [4.69, 9.17) is 62.7 Å². The van der Waals surface area contributed by atoms with E-state index in [1.165, 1.54) is 0 Å². The van der Waals surface area contributed by atoms with Gasteiger partial charge in [0.25, 0.3) is 0 Å². The second-order valence-corrected chi connectivity index (χ2v) is 5.81. The van der Waals surface area contributed by atoms with Crippen LogP contribution in [-0.4, -0.2) is 36.7 Å². The van der Waals surface area contributed by atoms with E-state index in [9.17, 15) is 0 Å². The van der Waals surface area contributed by atoms with Crippen LogP contribution in [0.3, 0.4) is 0 Å². The third-order valence-corrected chi connectivity index (χ3v) is 5.21. The second-order valence-electron chi connectivity index (χ2n) is 3.69. The molecule has 0 aliphatic heterocycles. The van der Waals surface area contributed by atoms with Gasteiger partial charge in [-0.1, -0.05) is 58.0 Å². The van der Waals surface area contributed by atoms with Crippen LogP contribution in [0.15, 0.2) is 20.1 Å². The number of hydrogen-bond acceptors (Lipinski definition) is 2. The van der Waals surface area contributed by atoms with Gasteiger partial charge in [0.15, 0.2) is 5.00 Å². The summed E-state index contributed by atoms with van der Waals surface area (Å²) in [6.45, 7) is 2.26. The number of ether oxygens (including phenoxy) is 1. The zero-order valence-corrected chi connectivity index (χ0v) is 13.3. The third kappa shape index (κ3) is 2.59. The lowest BCUT2D eigenvalue weighted by atomic mass is 10.0. The van der Waals surface area contributed by atoms with E-state index in [-0.39, 0.29) is 20.1 Å². The van der Waals surface area contributed by atoms with Gasteiger partial charge in [0.1, 0.15) is 6.10 Å². The van der Waals surface area contributed by atoms with Crippen LogP contribution in [0.25, 0.3) is 0 Å². The highest BCUT2D eigenvalue weighted by atomic mass is 35.5. The molecule has 0 saturated carbocycles. The van der Waals surface area contributed by atoms with Crippen LogP contribution in [-0.2, 0) is 4.74 Å². The van der Waals surface area contributed by atoms with Gasteiger partial charge in [0.05, 0.1) is 20.1 Å². The predicted octanol–water partition coefficient (Wildman–Crippen LogP) is 4.28. The van der Waals surface area contributed by atoms with Crippen LogP contribution < -0.4 is 0 Å². The molecule has 0 bridgehead atoms. The molecule has 2 atom stereocenters. The number of nitrogens with zero attached hydrogens (tertiary/aromatic N) is 1. The normalized spacial score (nSPS) is 30.5. The first-order valence-corrected chi connectivity index (χ1v) is 6.76. The number of alkyl halides is 1. The van der Waals surface area contributed by atoms with Crippen molar-refractivity contribution in [3.8, 4) is 0 Å². The molecule has 98 valence electrons. The zero-order chi connectivity index (χ0) is 13.4. The molecule has 1 rings (SSSR count). The fourth-order valence-electron chi connectivity index (χ4n) is 1.53. The summed E-state index contributed by atoms with van der Waals surface area (Å²) >= 11 is 30.8. The molecule has 17 heavy (non-hydrogen) atoms. The summed E-state index contributed by atoms with van der Waals surface area (Å²) in [4.78, 5) is 0.537. The number of hydrogen-bond donors (Lipinski definition) is 0. The molecule has 0 aromatic rings. The number of likely N-dealkylation sites (N-methyl/N-ethyl adjacent to an activating group) is 1. The Morgan fingerprint density at radius 2 is 1.71 bits per heavy atom. The predicted molar refractivity (Wildman–Crippen MR) is 75.1 cm³/mol. The van der Waals surface area contributed by atoms with E-state index in [1.54, 1.807) is 19.0 Å². The van der Waals surface area contributed by atoms with Gasteiger partial charge in [-0.2, -0.15) is 0 Å². The molecule has 1 aliphatic carbocycles. The average molecular weight is 339 g/mol. The quantitative estimate of drug-likeness (QED) is 0.562. The highest BCUT2D eigenvalue weighted by Crippen LogP contribution is 2.49. The molecule has 0 spiro atoms. The minimum atomic E-state index is -1.15. The number of halogens is 5. The zero-order valence-electron chi connectivity index (χ0n) is 9.53. The maximum Gasteiger partial charge on any atom is 0.165 e. The van der Waals surface area contributed by atoms with E-state index >= 15 is 0 Å². The van der Waals surface area contributed by atoms with Crippen molar-refractivity contribution in [2.24, 2.45) is 0 Å². The molecule has 0 aromatic carbocycles. The van der Waals surface area contributed by atoms with E-state index in [0.29, 0.717) is 6.61 Å². The summed E-state index contributed by atoms with van der Waals surface area (Å²) in [6.07, 6.45) is -0.659. The Hall–Kier alpha value is 0.850. The highest BCUT2D eigenvalue weighted by molar-refractivity contribution is 6.54. The van der Waals surface area contributed by atoms with Gasteiger partial charge in [-0.3, -0.25) is 4.90 Å². The first-order valence-electron chi connectivity index (χ1n) is 4.87. The van der Waals surface area contributed by atoms with Crippen LogP contribution in [0.2, 0.25) is 0 Å². The molecule has 0 fully saturated rings. The Labute approximate surface area is 126 Å². The monoisotopic (exact) mass is 337 g/mol. The van der Waals surface area contributed by atoms with Crippen molar-refractivity contribution < 1.29 is 4.74 Å². The molecule has 2 unspecified atom stereocenters. The smallest absolute Gasteiger partial charge is 0.165 e. The fourth-order valence-corrected chi connectivity index (χ4v) is 3.12. The average Bonchev–Trinajstić information content (AvgIpc) is 2.29. The standard InChI is InChI=1S/C10H12Cl5NO/c1-4-17-9-7(13)5(11)6(12)8(14)10(9,15)16(2)3/h9H,4H2,1-3H3. The molecule has 0 N–H and O–H groups in total. The van der Waals surface area contributed by atoms with E-state index in [1.807, 2.05) is 6.92 Å². The van der Waals surface area contributed by atoms with Crippen molar-refractivity contribution in [3.63, 3.8) is 0 Å². The van der Waals surface area contributed by atoms with Gasteiger partial charge >= 0.3 is 0 Å². The molecule has 0 heterocycles.